The van der Waals surface area contributed by atoms with Gasteiger partial charge in [-0.25, -0.2) is 8.78 Å². The fourth-order valence-electron chi connectivity index (χ4n) is 1.45. The van der Waals surface area contributed by atoms with Crippen LogP contribution in [0.5, 0.6) is 11.5 Å². The van der Waals surface area contributed by atoms with Gasteiger partial charge in [0.1, 0.15) is 5.82 Å². The van der Waals surface area contributed by atoms with Gasteiger partial charge in [-0.1, -0.05) is 23.7 Å². The Morgan fingerprint density at radius 3 is 2.61 bits per heavy atom. The van der Waals surface area contributed by atoms with E-state index in [0.717, 1.165) is 6.07 Å². The molecular weight excluding hydrogens is 260 g/mol. The number of hydrogen-bond acceptors (Lipinski definition) is 2. The molecule has 2 N–H and O–H groups in total. The Hall–Kier alpha value is -1.81. The van der Waals surface area contributed by atoms with Gasteiger partial charge in [-0.3, -0.25) is 0 Å². The summed E-state index contributed by atoms with van der Waals surface area (Å²) >= 11 is 5.56. The van der Waals surface area contributed by atoms with Gasteiger partial charge in [-0.2, -0.15) is 0 Å². The Labute approximate surface area is 108 Å². The van der Waals surface area contributed by atoms with Gasteiger partial charge < -0.3 is 10.5 Å². The molecule has 2 aromatic rings. The second-order valence-electron chi connectivity index (χ2n) is 3.79. The molecule has 0 aliphatic carbocycles. The van der Waals surface area contributed by atoms with Gasteiger partial charge in [0.25, 0.3) is 0 Å². The molecule has 0 fully saturated rings. The second kappa shape index (κ2) is 4.82. The zero-order valence-electron chi connectivity index (χ0n) is 9.51. The molecule has 0 saturated heterocycles. The molecule has 0 unspecified atom stereocenters. The molecule has 2 nitrogen and oxygen atoms in total. The summed E-state index contributed by atoms with van der Waals surface area (Å²) in [6, 6.07) is 6.93. The van der Waals surface area contributed by atoms with Gasteiger partial charge in [0.2, 0.25) is 0 Å². The van der Waals surface area contributed by atoms with Crippen LogP contribution in [0.1, 0.15) is 5.56 Å². The summed E-state index contributed by atoms with van der Waals surface area (Å²) in [4.78, 5) is 0. The number of anilines is 1. The van der Waals surface area contributed by atoms with E-state index in [1.807, 2.05) is 0 Å². The van der Waals surface area contributed by atoms with Crippen LogP contribution < -0.4 is 10.5 Å². The number of ether oxygens (including phenoxy) is 1. The van der Waals surface area contributed by atoms with Gasteiger partial charge in [0.15, 0.2) is 17.3 Å². The molecule has 0 heterocycles. The van der Waals surface area contributed by atoms with Crippen molar-refractivity contribution in [2.24, 2.45) is 0 Å². The van der Waals surface area contributed by atoms with E-state index in [2.05, 4.69) is 0 Å². The Kier molecular flexibility index (Phi) is 3.39. The number of halogens is 3. The predicted octanol–water partition coefficient (Wildman–Crippen LogP) is 4.30. The fourth-order valence-corrected chi connectivity index (χ4v) is 1.62. The zero-order valence-corrected chi connectivity index (χ0v) is 10.3. The lowest BCUT2D eigenvalue weighted by Crippen LogP contribution is -1.96. The molecular formula is C13H10ClF2NO. The summed E-state index contributed by atoms with van der Waals surface area (Å²) in [6.07, 6.45) is 0. The van der Waals surface area contributed by atoms with Crippen molar-refractivity contribution >= 4 is 17.3 Å². The molecule has 0 bridgehead atoms. The van der Waals surface area contributed by atoms with Crippen LogP contribution >= 0.6 is 11.6 Å². The van der Waals surface area contributed by atoms with E-state index in [4.69, 9.17) is 22.1 Å². The number of nitrogens with two attached hydrogens (primary N) is 1. The van der Waals surface area contributed by atoms with Crippen molar-refractivity contribution in [2.45, 2.75) is 6.92 Å². The summed E-state index contributed by atoms with van der Waals surface area (Å²) in [6.45, 7) is 1.61. The quantitative estimate of drug-likeness (QED) is 0.825. The van der Waals surface area contributed by atoms with Crippen molar-refractivity contribution in [3.63, 3.8) is 0 Å². The van der Waals surface area contributed by atoms with Crippen molar-refractivity contribution < 1.29 is 13.5 Å². The molecule has 2 aromatic carbocycles. The largest absolute Gasteiger partial charge is 0.452 e. The van der Waals surface area contributed by atoms with Gasteiger partial charge in [0, 0.05) is 6.07 Å². The second-order valence-corrected chi connectivity index (χ2v) is 4.20. The number of nitrogen functional groups attached to an aromatic ring is 1. The number of benzene rings is 2. The number of rotatable bonds is 2. The van der Waals surface area contributed by atoms with E-state index in [1.54, 1.807) is 19.1 Å². The van der Waals surface area contributed by atoms with E-state index in [1.165, 1.54) is 12.1 Å². The van der Waals surface area contributed by atoms with Crippen LogP contribution in [-0.4, -0.2) is 0 Å². The molecule has 0 aromatic heterocycles. The van der Waals surface area contributed by atoms with Crippen molar-refractivity contribution in [1.82, 2.24) is 0 Å². The van der Waals surface area contributed by atoms with E-state index >= 15 is 0 Å². The number of hydrogen-bond donors (Lipinski definition) is 1. The highest BCUT2D eigenvalue weighted by atomic mass is 35.5. The molecule has 0 amide bonds. The standard InChI is InChI=1S/C13H10ClF2NO/c1-7-3-2-4-11(13(7)16)18-12-6-9(15)8(14)5-10(12)17/h2-6H,17H2,1H3. The van der Waals surface area contributed by atoms with Crippen LogP contribution in [0.15, 0.2) is 30.3 Å². The van der Waals surface area contributed by atoms with Gasteiger partial charge in [-0.15, -0.1) is 0 Å². The molecule has 0 atom stereocenters. The first-order valence-corrected chi connectivity index (χ1v) is 5.54. The minimum atomic E-state index is -0.672. The highest BCUT2D eigenvalue weighted by Crippen LogP contribution is 2.33. The summed E-state index contributed by atoms with van der Waals surface area (Å²) < 4.78 is 32.3. The molecule has 2 rings (SSSR count). The monoisotopic (exact) mass is 269 g/mol. The van der Waals surface area contributed by atoms with Gasteiger partial charge in [0.05, 0.1) is 10.7 Å². The van der Waals surface area contributed by atoms with Crippen molar-refractivity contribution in [3.8, 4) is 11.5 Å². The number of aryl methyl sites for hydroxylation is 1. The molecule has 0 radical (unpaired) electrons. The third kappa shape index (κ3) is 2.38. The van der Waals surface area contributed by atoms with Crippen LogP contribution in [0.4, 0.5) is 14.5 Å². The molecule has 5 heteroatoms. The Balaban J connectivity index is 2.40. The van der Waals surface area contributed by atoms with E-state index in [0.29, 0.717) is 5.56 Å². The average molecular weight is 270 g/mol. The van der Waals surface area contributed by atoms with E-state index in [9.17, 15) is 8.78 Å². The summed E-state index contributed by atoms with van der Waals surface area (Å²) in [5.74, 6) is -1.16. The van der Waals surface area contributed by atoms with Crippen LogP contribution in [-0.2, 0) is 0 Å². The highest BCUT2D eigenvalue weighted by molar-refractivity contribution is 6.31. The minimum absolute atomic E-state index is 0.0107. The molecule has 0 saturated carbocycles. The summed E-state index contributed by atoms with van der Waals surface area (Å²) in [5, 5.41) is -0.107. The maximum Gasteiger partial charge on any atom is 0.168 e. The predicted molar refractivity (Wildman–Crippen MR) is 67.0 cm³/mol. The molecule has 18 heavy (non-hydrogen) atoms. The van der Waals surface area contributed by atoms with Gasteiger partial charge >= 0.3 is 0 Å². The third-order valence-electron chi connectivity index (χ3n) is 2.43. The smallest absolute Gasteiger partial charge is 0.168 e. The highest BCUT2D eigenvalue weighted by Gasteiger charge is 2.11. The van der Waals surface area contributed by atoms with Crippen LogP contribution in [0.25, 0.3) is 0 Å². The Bertz CT molecular complexity index is 602. The van der Waals surface area contributed by atoms with Crippen molar-refractivity contribution in [3.05, 3.63) is 52.6 Å². The molecule has 0 aliphatic heterocycles. The maximum absolute atomic E-state index is 13.7. The van der Waals surface area contributed by atoms with Crippen LogP contribution in [0.3, 0.4) is 0 Å². The van der Waals surface area contributed by atoms with Crippen LogP contribution in [0, 0.1) is 18.6 Å². The maximum atomic E-state index is 13.7. The Morgan fingerprint density at radius 2 is 1.89 bits per heavy atom. The summed E-state index contributed by atoms with van der Waals surface area (Å²) in [5.41, 5.74) is 6.20. The SMILES string of the molecule is Cc1cccc(Oc2cc(F)c(Cl)cc2N)c1F. The molecule has 0 spiro atoms. The topological polar surface area (TPSA) is 35.2 Å². The normalized spacial score (nSPS) is 10.4. The molecule has 94 valence electrons. The molecule has 0 aliphatic rings. The lowest BCUT2D eigenvalue weighted by molar-refractivity contribution is 0.438. The van der Waals surface area contributed by atoms with Crippen LogP contribution in [0.2, 0.25) is 5.02 Å². The first-order chi connectivity index (χ1) is 8.49. The van der Waals surface area contributed by atoms with Gasteiger partial charge in [-0.05, 0) is 24.6 Å². The lowest BCUT2D eigenvalue weighted by atomic mass is 10.2. The minimum Gasteiger partial charge on any atom is -0.452 e. The van der Waals surface area contributed by atoms with Crippen molar-refractivity contribution in [2.75, 3.05) is 5.73 Å². The fraction of sp³-hybridized carbons (Fsp3) is 0.0769. The lowest BCUT2D eigenvalue weighted by Gasteiger charge is -2.10. The van der Waals surface area contributed by atoms with E-state index < -0.39 is 11.6 Å². The first kappa shape index (κ1) is 12.6. The zero-order chi connectivity index (χ0) is 13.3. The first-order valence-electron chi connectivity index (χ1n) is 5.16. The Morgan fingerprint density at radius 1 is 1.17 bits per heavy atom. The van der Waals surface area contributed by atoms with E-state index in [-0.39, 0.29) is 22.2 Å². The van der Waals surface area contributed by atoms with Crippen molar-refractivity contribution in [1.29, 1.82) is 0 Å². The third-order valence-corrected chi connectivity index (χ3v) is 2.72. The summed E-state index contributed by atoms with van der Waals surface area (Å²) in [7, 11) is 0. The average Bonchev–Trinajstić information content (AvgIpc) is 2.32.